The number of pyridine rings is 1. The quantitative estimate of drug-likeness (QED) is 0.793. The van der Waals surface area contributed by atoms with Gasteiger partial charge in [-0.1, -0.05) is 18.2 Å². The van der Waals surface area contributed by atoms with Crippen LogP contribution < -0.4 is 16.0 Å². The summed E-state index contributed by atoms with van der Waals surface area (Å²) >= 11 is 0. The van der Waals surface area contributed by atoms with Gasteiger partial charge in [-0.3, -0.25) is 4.79 Å². The number of rotatable bonds is 5. The molecule has 0 spiro atoms. The first-order valence-electron chi connectivity index (χ1n) is 7.61. The molecule has 0 aliphatic carbocycles. The monoisotopic (exact) mass is 296 g/mol. The summed E-state index contributed by atoms with van der Waals surface area (Å²) in [6.45, 7) is 1.01. The third-order valence-electron chi connectivity index (χ3n) is 3.69. The van der Waals surface area contributed by atoms with Crippen LogP contribution in [0.4, 0.5) is 17.2 Å². The number of hydrogen-bond acceptors (Lipinski definition) is 4. The molecule has 1 unspecified atom stereocenters. The van der Waals surface area contributed by atoms with Crippen molar-refractivity contribution in [2.75, 3.05) is 17.2 Å². The van der Waals surface area contributed by atoms with Crippen LogP contribution in [-0.2, 0) is 4.79 Å². The van der Waals surface area contributed by atoms with Gasteiger partial charge < -0.3 is 16.0 Å². The molecule has 0 saturated carbocycles. The van der Waals surface area contributed by atoms with Crippen LogP contribution in [0, 0.1) is 0 Å². The van der Waals surface area contributed by atoms with Crippen molar-refractivity contribution in [2.45, 2.75) is 25.3 Å². The van der Waals surface area contributed by atoms with Crippen molar-refractivity contribution in [1.29, 1.82) is 0 Å². The summed E-state index contributed by atoms with van der Waals surface area (Å²) in [5, 5.41) is 9.42. The molecule has 5 nitrogen and oxygen atoms in total. The van der Waals surface area contributed by atoms with Gasteiger partial charge in [0, 0.05) is 18.2 Å². The van der Waals surface area contributed by atoms with E-state index < -0.39 is 0 Å². The van der Waals surface area contributed by atoms with E-state index in [0.29, 0.717) is 12.5 Å². The van der Waals surface area contributed by atoms with Crippen molar-refractivity contribution in [1.82, 2.24) is 10.3 Å². The third kappa shape index (κ3) is 4.05. The molecule has 114 valence electrons. The van der Waals surface area contributed by atoms with Crippen LogP contribution in [-0.4, -0.2) is 23.5 Å². The first-order chi connectivity index (χ1) is 10.8. The molecule has 1 fully saturated rings. The summed E-state index contributed by atoms with van der Waals surface area (Å²) in [6.07, 6.45) is 4.42. The summed E-state index contributed by atoms with van der Waals surface area (Å²) in [7, 11) is 0. The van der Waals surface area contributed by atoms with Gasteiger partial charge >= 0.3 is 0 Å². The summed E-state index contributed by atoms with van der Waals surface area (Å²) in [6, 6.07) is 13.9. The van der Waals surface area contributed by atoms with E-state index in [1.165, 1.54) is 0 Å². The molecular weight excluding hydrogens is 276 g/mol. The minimum Gasteiger partial charge on any atom is -0.340 e. The second-order valence-corrected chi connectivity index (χ2v) is 5.47. The SMILES string of the molecule is O=C(CC1CCCN1)Nc1ccc(Nc2ccccc2)nc1. The summed E-state index contributed by atoms with van der Waals surface area (Å²) in [4.78, 5) is 16.3. The van der Waals surface area contributed by atoms with E-state index in [0.717, 1.165) is 36.6 Å². The first kappa shape index (κ1) is 14.5. The summed E-state index contributed by atoms with van der Waals surface area (Å²) in [5.74, 6) is 0.784. The summed E-state index contributed by atoms with van der Waals surface area (Å²) in [5.41, 5.74) is 1.71. The van der Waals surface area contributed by atoms with Crippen LogP contribution in [0.1, 0.15) is 19.3 Å². The molecule has 2 aromatic rings. The maximum absolute atomic E-state index is 11.9. The molecule has 5 heteroatoms. The van der Waals surface area contributed by atoms with Gasteiger partial charge in [-0.05, 0) is 43.7 Å². The van der Waals surface area contributed by atoms with E-state index in [4.69, 9.17) is 0 Å². The maximum Gasteiger partial charge on any atom is 0.225 e. The number of amides is 1. The number of nitrogens with one attached hydrogen (secondary N) is 3. The Hall–Kier alpha value is -2.40. The second kappa shape index (κ2) is 7.04. The minimum absolute atomic E-state index is 0.0324. The highest BCUT2D eigenvalue weighted by Crippen LogP contribution is 2.16. The van der Waals surface area contributed by atoms with Crippen molar-refractivity contribution in [3.05, 3.63) is 48.7 Å². The second-order valence-electron chi connectivity index (χ2n) is 5.47. The minimum atomic E-state index is 0.0324. The van der Waals surface area contributed by atoms with E-state index in [1.807, 2.05) is 42.5 Å². The van der Waals surface area contributed by atoms with Crippen molar-refractivity contribution in [2.24, 2.45) is 0 Å². The molecule has 1 aromatic carbocycles. The van der Waals surface area contributed by atoms with Gasteiger partial charge in [-0.15, -0.1) is 0 Å². The predicted molar refractivity (Wildman–Crippen MR) is 88.2 cm³/mol. The standard InChI is InChI=1S/C17H20N4O/c22-17(11-14-7-4-10-18-14)21-15-8-9-16(19-12-15)20-13-5-2-1-3-6-13/h1-3,5-6,8-9,12,14,18H,4,7,10-11H2,(H,19,20)(H,21,22). The number of benzene rings is 1. The Kier molecular flexibility index (Phi) is 4.65. The Morgan fingerprint density at radius 2 is 2.05 bits per heavy atom. The third-order valence-corrected chi connectivity index (χ3v) is 3.69. The molecule has 0 bridgehead atoms. The molecule has 1 amide bonds. The Labute approximate surface area is 130 Å². The fourth-order valence-corrected chi connectivity index (χ4v) is 2.58. The van der Waals surface area contributed by atoms with Gasteiger partial charge in [0.25, 0.3) is 0 Å². The van der Waals surface area contributed by atoms with Crippen molar-refractivity contribution in [3.8, 4) is 0 Å². The lowest BCUT2D eigenvalue weighted by molar-refractivity contribution is -0.116. The molecule has 1 aliphatic heterocycles. The molecular formula is C17H20N4O. The number of aromatic nitrogens is 1. The van der Waals surface area contributed by atoms with Crippen LogP contribution in [0.3, 0.4) is 0 Å². The number of nitrogens with zero attached hydrogens (tertiary/aromatic N) is 1. The topological polar surface area (TPSA) is 66.1 Å². The molecule has 1 aromatic heterocycles. The zero-order valence-electron chi connectivity index (χ0n) is 12.4. The van der Waals surface area contributed by atoms with Crippen LogP contribution in [0.25, 0.3) is 0 Å². The van der Waals surface area contributed by atoms with Crippen molar-refractivity contribution < 1.29 is 4.79 Å². The van der Waals surface area contributed by atoms with Crippen LogP contribution in [0.15, 0.2) is 48.7 Å². The molecule has 3 N–H and O–H groups in total. The van der Waals surface area contributed by atoms with Crippen molar-refractivity contribution >= 4 is 23.1 Å². The lowest BCUT2D eigenvalue weighted by Crippen LogP contribution is -2.27. The lowest BCUT2D eigenvalue weighted by Gasteiger charge is -2.11. The number of anilines is 3. The fourth-order valence-electron chi connectivity index (χ4n) is 2.58. The molecule has 0 radical (unpaired) electrons. The van der Waals surface area contributed by atoms with E-state index >= 15 is 0 Å². The fraction of sp³-hybridized carbons (Fsp3) is 0.294. The van der Waals surface area contributed by atoms with Crippen molar-refractivity contribution in [3.63, 3.8) is 0 Å². The zero-order valence-corrected chi connectivity index (χ0v) is 12.4. The van der Waals surface area contributed by atoms with Gasteiger partial charge in [-0.25, -0.2) is 4.98 Å². The van der Waals surface area contributed by atoms with E-state index in [1.54, 1.807) is 6.20 Å². The number of hydrogen-bond donors (Lipinski definition) is 3. The number of carbonyl (C=O) groups is 1. The molecule has 1 atom stereocenters. The molecule has 1 saturated heterocycles. The Balaban J connectivity index is 1.53. The smallest absolute Gasteiger partial charge is 0.225 e. The highest BCUT2D eigenvalue weighted by Gasteiger charge is 2.17. The van der Waals surface area contributed by atoms with Gasteiger partial charge in [0.15, 0.2) is 0 Å². The molecule has 22 heavy (non-hydrogen) atoms. The van der Waals surface area contributed by atoms with Gasteiger partial charge in [0.1, 0.15) is 5.82 Å². The Morgan fingerprint density at radius 3 is 2.73 bits per heavy atom. The van der Waals surface area contributed by atoms with E-state index in [-0.39, 0.29) is 5.91 Å². The zero-order chi connectivity index (χ0) is 15.2. The van der Waals surface area contributed by atoms with Gasteiger partial charge in [0.05, 0.1) is 11.9 Å². The van der Waals surface area contributed by atoms with Crippen LogP contribution in [0.2, 0.25) is 0 Å². The number of para-hydroxylation sites is 1. The van der Waals surface area contributed by atoms with Gasteiger partial charge in [0.2, 0.25) is 5.91 Å². The average molecular weight is 296 g/mol. The highest BCUT2D eigenvalue weighted by atomic mass is 16.1. The first-order valence-corrected chi connectivity index (χ1v) is 7.61. The van der Waals surface area contributed by atoms with Gasteiger partial charge in [-0.2, -0.15) is 0 Å². The maximum atomic E-state index is 11.9. The molecule has 2 heterocycles. The number of carbonyl (C=O) groups excluding carboxylic acids is 1. The van der Waals surface area contributed by atoms with E-state index in [2.05, 4.69) is 20.9 Å². The Morgan fingerprint density at radius 1 is 1.18 bits per heavy atom. The van der Waals surface area contributed by atoms with Crippen LogP contribution >= 0.6 is 0 Å². The lowest BCUT2D eigenvalue weighted by atomic mass is 10.1. The van der Waals surface area contributed by atoms with E-state index in [9.17, 15) is 4.79 Å². The largest absolute Gasteiger partial charge is 0.340 e. The normalized spacial score (nSPS) is 17.2. The van der Waals surface area contributed by atoms with Crippen LogP contribution in [0.5, 0.6) is 0 Å². The average Bonchev–Trinajstić information content (AvgIpc) is 3.03. The molecule has 3 rings (SSSR count). The predicted octanol–water partition coefficient (Wildman–Crippen LogP) is 2.91. The highest BCUT2D eigenvalue weighted by molar-refractivity contribution is 5.91. The molecule has 1 aliphatic rings. The Bertz CT molecular complexity index is 606. The summed E-state index contributed by atoms with van der Waals surface area (Å²) < 4.78 is 0.